The van der Waals surface area contributed by atoms with Gasteiger partial charge in [0.1, 0.15) is 5.82 Å². The summed E-state index contributed by atoms with van der Waals surface area (Å²) in [7, 11) is 0. The lowest BCUT2D eigenvalue weighted by Crippen LogP contribution is -2.09. The van der Waals surface area contributed by atoms with E-state index < -0.39 is 23.0 Å². The van der Waals surface area contributed by atoms with Crippen molar-refractivity contribution in [3.8, 4) is 0 Å². The number of thioether (sulfide) groups is 1. The molecule has 2 rings (SSSR count). The van der Waals surface area contributed by atoms with E-state index in [0.29, 0.717) is 10.5 Å². The molecule has 1 nitrogen and oxygen atoms in total. The van der Waals surface area contributed by atoms with Crippen LogP contribution in [0.2, 0.25) is 0 Å². The van der Waals surface area contributed by atoms with Crippen LogP contribution in [0.5, 0.6) is 0 Å². The fourth-order valence-electron chi connectivity index (χ4n) is 1.70. The highest BCUT2D eigenvalue weighted by atomic mass is 79.9. The normalized spacial score (nSPS) is 10.5. The van der Waals surface area contributed by atoms with Gasteiger partial charge in [-0.05, 0) is 46.5 Å². The molecule has 5 heteroatoms. The minimum Gasteiger partial charge on any atom is -0.288 e. The quantitative estimate of drug-likeness (QED) is 0.457. The van der Waals surface area contributed by atoms with Crippen LogP contribution < -0.4 is 0 Å². The predicted octanol–water partition coefficient (Wildman–Crippen LogP) is 4.68. The Bertz CT molecular complexity index is 643. The van der Waals surface area contributed by atoms with Crippen molar-refractivity contribution in [3.05, 3.63) is 63.6 Å². The Hall–Kier alpha value is -1.20. The van der Waals surface area contributed by atoms with Gasteiger partial charge < -0.3 is 0 Å². The van der Waals surface area contributed by atoms with E-state index in [1.54, 1.807) is 30.5 Å². The van der Waals surface area contributed by atoms with E-state index in [9.17, 15) is 13.6 Å². The molecule has 0 spiro atoms. The van der Waals surface area contributed by atoms with Gasteiger partial charge in [-0.1, -0.05) is 12.1 Å². The summed E-state index contributed by atoms with van der Waals surface area (Å²) in [6.07, 6.45) is 1.81. The second-order valence-electron chi connectivity index (χ2n) is 3.75. The number of halogens is 3. The number of ketones is 1. The Morgan fingerprint density at radius 2 is 1.84 bits per heavy atom. The van der Waals surface area contributed by atoms with E-state index in [1.807, 2.05) is 0 Å². The maximum Gasteiger partial charge on any atom is 0.200 e. The first-order chi connectivity index (χ1) is 9.06. The lowest BCUT2D eigenvalue weighted by atomic mass is 10.0. The number of benzene rings is 2. The molecule has 98 valence electrons. The summed E-state index contributed by atoms with van der Waals surface area (Å²) in [5.74, 6) is -2.39. The predicted molar refractivity (Wildman–Crippen MR) is 75.7 cm³/mol. The first kappa shape index (κ1) is 14.2. The topological polar surface area (TPSA) is 17.1 Å². The van der Waals surface area contributed by atoms with Crippen molar-refractivity contribution in [2.45, 2.75) is 4.90 Å². The van der Waals surface area contributed by atoms with Gasteiger partial charge in [0.05, 0.1) is 10.0 Å². The minimum atomic E-state index is -0.874. The van der Waals surface area contributed by atoms with Crippen molar-refractivity contribution in [2.75, 3.05) is 6.26 Å². The third kappa shape index (κ3) is 2.72. The highest BCUT2D eigenvalue weighted by Crippen LogP contribution is 2.27. The summed E-state index contributed by atoms with van der Waals surface area (Å²) >= 11 is 4.31. The molecular weight excluding hydrogens is 334 g/mol. The highest BCUT2D eigenvalue weighted by Gasteiger charge is 2.22. The summed E-state index contributed by atoms with van der Waals surface area (Å²) in [6.45, 7) is 0. The van der Waals surface area contributed by atoms with Crippen molar-refractivity contribution >= 4 is 33.5 Å². The first-order valence-corrected chi connectivity index (χ1v) is 7.39. The third-order valence-corrected chi connectivity index (χ3v) is 4.03. The molecule has 2 aromatic carbocycles. The summed E-state index contributed by atoms with van der Waals surface area (Å²) in [4.78, 5) is 13.0. The summed E-state index contributed by atoms with van der Waals surface area (Å²) in [6, 6.07) is 9.06. The van der Waals surface area contributed by atoms with Crippen LogP contribution in [-0.4, -0.2) is 12.0 Å². The molecule has 0 saturated carbocycles. The lowest BCUT2D eigenvalue weighted by molar-refractivity contribution is 0.102. The average Bonchev–Trinajstić information content (AvgIpc) is 2.43. The van der Waals surface area contributed by atoms with Crippen molar-refractivity contribution in [3.63, 3.8) is 0 Å². The largest absolute Gasteiger partial charge is 0.288 e. The van der Waals surface area contributed by atoms with Gasteiger partial charge in [0, 0.05) is 10.5 Å². The molecule has 0 N–H and O–H groups in total. The smallest absolute Gasteiger partial charge is 0.200 e. The van der Waals surface area contributed by atoms with E-state index >= 15 is 0 Å². The standard InChI is InChI=1S/C14H9BrF2OS/c1-19-11-5-3-2-4-8(11)14(18)12-10(16)7-6-9(15)13(12)17/h2-7H,1H3. The first-order valence-electron chi connectivity index (χ1n) is 5.37. The maximum atomic E-state index is 13.9. The Morgan fingerprint density at radius 1 is 1.16 bits per heavy atom. The van der Waals surface area contributed by atoms with Gasteiger partial charge in [0.15, 0.2) is 11.6 Å². The van der Waals surface area contributed by atoms with Crippen molar-refractivity contribution in [1.29, 1.82) is 0 Å². The zero-order valence-electron chi connectivity index (χ0n) is 9.91. The van der Waals surface area contributed by atoms with Crippen LogP contribution in [-0.2, 0) is 0 Å². The molecule has 2 aromatic rings. The molecule has 0 amide bonds. The fourth-order valence-corrected chi connectivity index (χ4v) is 2.63. The van der Waals surface area contributed by atoms with Crippen molar-refractivity contribution in [1.82, 2.24) is 0 Å². The zero-order chi connectivity index (χ0) is 14.0. The maximum absolute atomic E-state index is 13.9. The summed E-state index contributed by atoms with van der Waals surface area (Å²) in [5, 5.41) is 0. The van der Waals surface area contributed by atoms with Gasteiger partial charge in [0.2, 0.25) is 0 Å². The Morgan fingerprint density at radius 3 is 2.53 bits per heavy atom. The molecule has 0 bridgehead atoms. The van der Waals surface area contributed by atoms with Crippen LogP contribution in [0.4, 0.5) is 8.78 Å². The average molecular weight is 343 g/mol. The molecule has 0 saturated heterocycles. The number of rotatable bonds is 3. The molecule has 0 unspecified atom stereocenters. The summed E-state index contributed by atoms with van der Waals surface area (Å²) < 4.78 is 27.7. The summed E-state index contributed by atoms with van der Waals surface area (Å²) in [5.41, 5.74) is -0.234. The van der Waals surface area contributed by atoms with Crippen LogP contribution in [0.25, 0.3) is 0 Å². The van der Waals surface area contributed by atoms with Crippen molar-refractivity contribution < 1.29 is 13.6 Å². The van der Waals surface area contributed by atoms with Gasteiger partial charge in [-0.25, -0.2) is 8.78 Å². The van der Waals surface area contributed by atoms with E-state index in [-0.39, 0.29) is 4.47 Å². The van der Waals surface area contributed by atoms with Gasteiger partial charge in [-0.3, -0.25) is 4.79 Å². The minimum absolute atomic E-state index is 0.0684. The molecule has 0 aliphatic carbocycles. The van der Waals surface area contributed by atoms with E-state index in [0.717, 1.165) is 6.07 Å². The molecule has 0 aliphatic rings. The number of hydrogen-bond acceptors (Lipinski definition) is 2. The monoisotopic (exact) mass is 342 g/mol. The molecule has 0 fully saturated rings. The Labute approximate surface area is 122 Å². The number of carbonyl (C=O) groups is 1. The van der Waals surface area contributed by atoms with Crippen LogP contribution in [0.15, 0.2) is 45.8 Å². The lowest BCUT2D eigenvalue weighted by Gasteiger charge is -2.08. The Kier molecular flexibility index (Phi) is 4.37. The van der Waals surface area contributed by atoms with E-state index in [4.69, 9.17) is 0 Å². The second kappa shape index (κ2) is 5.84. The number of hydrogen-bond donors (Lipinski definition) is 0. The van der Waals surface area contributed by atoms with Gasteiger partial charge in [-0.2, -0.15) is 0 Å². The molecule has 0 heterocycles. The third-order valence-electron chi connectivity index (χ3n) is 2.62. The molecule has 0 atom stereocenters. The van der Waals surface area contributed by atoms with E-state index in [2.05, 4.69) is 15.9 Å². The van der Waals surface area contributed by atoms with Crippen LogP contribution in [0.3, 0.4) is 0 Å². The number of carbonyl (C=O) groups excluding carboxylic acids is 1. The van der Waals surface area contributed by atoms with Gasteiger partial charge >= 0.3 is 0 Å². The molecule has 19 heavy (non-hydrogen) atoms. The molecular formula is C14H9BrF2OS. The molecule has 0 radical (unpaired) electrons. The van der Waals surface area contributed by atoms with Gasteiger partial charge in [0.25, 0.3) is 0 Å². The van der Waals surface area contributed by atoms with Crippen LogP contribution in [0.1, 0.15) is 15.9 Å². The highest BCUT2D eigenvalue weighted by molar-refractivity contribution is 9.10. The Balaban J connectivity index is 2.60. The molecule has 0 aliphatic heterocycles. The second-order valence-corrected chi connectivity index (χ2v) is 5.45. The van der Waals surface area contributed by atoms with Crippen LogP contribution >= 0.6 is 27.7 Å². The molecule has 0 aromatic heterocycles. The van der Waals surface area contributed by atoms with Crippen molar-refractivity contribution in [2.24, 2.45) is 0 Å². The van der Waals surface area contributed by atoms with Crippen LogP contribution in [0, 0.1) is 11.6 Å². The van der Waals surface area contributed by atoms with E-state index in [1.165, 1.54) is 17.8 Å². The van der Waals surface area contributed by atoms with Gasteiger partial charge in [-0.15, -0.1) is 11.8 Å². The fraction of sp³-hybridized carbons (Fsp3) is 0.0714. The SMILES string of the molecule is CSc1ccccc1C(=O)c1c(F)ccc(Br)c1F. The zero-order valence-corrected chi connectivity index (χ0v) is 12.3.